The molecule has 1 N–H and O–H groups in total. The van der Waals surface area contributed by atoms with E-state index in [4.69, 9.17) is 9.84 Å². The number of carboxylic acid groups (broad SMARTS) is 1. The third-order valence-corrected chi connectivity index (χ3v) is 6.21. The van der Waals surface area contributed by atoms with E-state index in [0.717, 1.165) is 16.1 Å². The molecule has 0 atom stereocenters. The van der Waals surface area contributed by atoms with Crippen LogP contribution in [0.25, 0.3) is 10.9 Å². The van der Waals surface area contributed by atoms with Gasteiger partial charge in [0.05, 0.1) is 17.7 Å². The van der Waals surface area contributed by atoms with Gasteiger partial charge in [-0.05, 0) is 43.2 Å². The summed E-state index contributed by atoms with van der Waals surface area (Å²) in [6.07, 6.45) is -3.93. The molecule has 160 valence electrons. The Morgan fingerprint density at radius 2 is 1.87 bits per heavy atom. The van der Waals surface area contributed by atoms with E-state index in [1.54, 1.807) is 19.1 Å². The van der Waals surface area contributed by atoms with E-state index in [1.165, 1.54) is 18.3 Å². The molecule has 0 saturated heterocycles. The van der Waals surface area contributed by atoms with Crippen molar-refractivity contribution in [2.75, 3.05) is 6.61 Å². The van der Waals surface area contributed by atoms with Crippen LogP contribution in [0, 0.1) is 0 Å². The van der Waals surface area contributed by atoms with E-state index in [1.807, 2.05) is 0 Å². The summed E-state index contributed by atoms with van der Waals surface area (Å²) in [5.74, 6) is -0.736. The zero-order chi connectivity index (χ0) is 22.1. The molecule has 0 saturated carbocycles. The van der Waals surface area contributed by atoms with Crippen LogP contribution in [0.3, 0.4) is 0 Å². The molecule has 3 aromatic rings. The highest BCUT2D eigenvalue weighted by molar-refractivity contribution is 7.90. The van der Waals surface area contributed by atoms with Crippen molar-refractivity contribution in [3.8, 4) is 5.75 Å². The molecule has 0 radical (unpaired) electrons. The van der Waals surface area contributed by atoms with Gasteiger partial charge < -0.3 is 9.84 Å². The number of aliphatic carboxylic acids is 1. The summed E-state index contributed by atoms with van der Waals surface area (Å²) in [7, 11) is -4.64. The highest BCUT2D eigenvalue weighted by atomic mass is 32.2. The molecule has 0 unspecified atom stereocenters. The number of ether oxygens (including phenoxy) is 1. The molecular formula is C20H18F3NO5S. The van der Waals surface area contributed by atoms with E-state index in [9.17, 15) is 26.4 Å². The smallest absolute Gasteiger partial charge is 0.417 e. The maximum absolute atomic E-state index is 13.4. The van der Waals surface area contributed by atoms with Gasteiger partial charge in [0, 0.05) is 24.1 Å². The van der Waals surface area contributed by atoms with Crippen molar-refractivity contribution in [3.63, 3.8) is 0 Å². The fourth-order valence-corrected chi connectivity index (χ4v) is 4.77. The largest absolute Gasteiger partial charge is 0.494 e. The first-order valence-electron chi connectivity index (χ1n) is 8.96. The molecule has 0 bridgehead atoms. The lowest BCUT2D eigenvalue weighted by Gasteiger charge is -2.14. The van der Waals surface area contributed by atoms with Gasteiger partial charge in [-0.3, -0.25) is 4.79 Å². The minimum atomic E-state index is -4.87. The van der Waals surface area contributed by atoms with Crippen LogP contribution >= 0.6 is 0 Å². The van der Waals surface area contributed by atoms with Crippen molar-refractivity contribution in [2.24, 2.45) is 0 Å². The van der Waals surface area contributed by atoms with Gasteiger partial charge in [0.2, 0.25) is 0 Å². The number of halogens is 3. The molecule has 2 aromatic carbocycles. The molecule has 0 fully saturated rings. The predicted molar refractivity (Wildman–Crippen MR) is 103 cm³/mol. The Kier molecular flexibility index (Phi) is 5.80. The van der Waals surface area contributed by atoms with Gasteiger partial charge in [-0.25, -0.2) is 12.4 Å². The fraction of sp³-hybridized carbons (Fsp3) is 0.250. The SMILES string of the molecule is CCOc1ccc2c(CCC(=O)O)cn(S(=O)(=O)c3ccccc3C(F)(F)F)c2c1. The predicted octanol–water partition coefficient (Wildman–Crippen LogP) is 4.31. The van der Waals surface area contributed by atoms with Crippen molar-refractivity contribution < 1.29 is 36.2 Å². The number of hydrogen-bond donors (Lipinski definition) is 1. The fourth-order valence-electron chi connectivity index (χ4n) is 3.17. The van der Waals surface area contributed by atoms with Crippen LogP contribution in [-0.4, -0.2) is 30.1 Å². The lowest BCUT2D eigenvalue weighted by molar-refractivity contribution is -0.140. The molecule has 30 heavy (non-hydrogen) atoms. The molecule has 0 aliphatic rings. The van der Waals surface area contributed by atoms with Gasteiger partial charge in [-0.1, -0.05) is 12.1 Å². The van der Waals surface area contributed by atoms with Crippen molar-refractivity contribution in [1.29, 1.82) is 0 Å². The first-order valence-corrected chi connectivity index (χ1v) is 10.4. The lowest BCUT2D eigenvalue weighted by Crippen LogP contribution is -2.18. The molecular weight excluding hydrogens is 423 g/mol. The summed E-state index contributed by atoms with van der Waals surface area (Å²) in [6, 6.07) is 8.50. The Morgan fingerprint density at radius 1 is 1.17 bits per heavy atom. The van der Waals surface area contributed by atoms with Gasteiger partial charge >= 0.3 is 12.1 Å². The number of alkyl halides is 3. The van der Waals surface area contributed by atoms with E-state index >= 15 is 0 Å². The molecule has 10 heteroatoms. The number of fused-ring (bicyclic) bond motifs is 1. The van der Waals surface area contributed by atoms with Crippen LogP contribution < -0.4 is 4.74 Å². The number of carboxylic acids is 1. The Labute approximate surface area is 170 Å². The van der Waals surface area contributed by atoms with E-state index in [0.29, 0.717) is 29.4 Å². The summed E-state index contributed by atoms with van der Waals surface area (Å²) >= 11 is 0. The van der Waals surface area contributed by atoms with Gasteiger partial charge in [-0.15, -0.1) is 0 Å². The molecule has 0 spiro atoms. The Hall–Kier alpha value is -3.01. The van der Waals surface area contributed by atoms with Gasteiger partial charge in [0.1, 0.15) is 10.6 Å². The van der Waals surface area contributed by atoms with E-state index < -0.39 is 32.6 Å². The Morgan fingerprint density at radius 3 is 2.50 bits per heavy atom. The number of aryl methyl sites for hydroxylation is 1. The van der Waals surface area contributed by atoms with Crippen LogP contribution in [0.4, 0.5) is 13.2 Å². The molecule has 0 aliphatic carbocycles. The summed E-state index contributed by atoms with van der Waals surface area (Å²) < 4.78 is 72.9. The zero-order valence-electron chi connectivity index (χ0n) is 15.8. The average Bonchev–Trinajstić information content (AvgIpc) is 3.05. The highest BCUT2D eigenvalue weighted by Crippen LogP contribution is 2.36. The second kappa shape index (κ2) is 8.02. The summed E-state index contributed by atoms with van der Waals surface area (Å²) in [5.41, 5.74) is -0.776. The number of rotatable bonds is 7. The van der Waals surface area contributed by atoms with Crippen molar-refractivity contribution in [3.05, 3.63) is 59.8 Å². The summed E-state index contributed by atoms with van der Waals surface area (Å²) in [4.78, 5) is 10.1. The number of benzene rings is 2. The van der Waals surface area contributed by atoms with Crippen LogP contribution in [0.5, 0.6) is 5.75 Å². The minimum Gasteiger partial charge on any atom is -0.494 e. The minimum absolute atomic E-state index is 0.0171. The zero-order valence-corrected chi connectivity index (χ0v) is 16.6. The van der Waals surface area contributed by atoms with Crippen molar-refractivity contribution in [1.82, 2.24) is 3.97 Å². The third-order valence-electron chi connectivity index (χ3n) is 4.47. The molecule has 0 aliphatic heterocycles. The molecule has 1 aromatic heterocycles. The quantitative estimate of drug-likeness (QED) is 0.591. The number of carbonyl (C=O) groups is 1. The van der Waals surface area contributed by atoms with Crippen LogP contribution in [0.1, 0.15) is 24.5 Å². The summed E-state index contributed by atoms with van der Waals surface area (Å²) in [6.45, 7) is 2.04. The monoisotopic (exact) mass is 441 g/mol. The van der Waals surface area contributed by atoms with Crippen LogP contribution in [0.15, 0.2) is 53.6 Å². The topological polar surface area (TPSA) is 85.6 Å². The maximum atomic E-state index is 13.4. The Balaban J connectivity index is 2.26. The highest BCUT2D eigenvalue weighted by Gasteiger charge is 2.37. The number of nitrogens with zero attached hydrogens (tertiary/aromatic N) is 1. The van der Waals surface area contributed by atoms with Crippen molar-refractivity contribution in [2.45, 2.75) is 30.8 Å². The van der Waals surface area contributed by atoms with Gasteiger partial charge in [-0.2, -0.15) is 13.2 Å². The van der Waals surface area contributed by atoms with Gasteiger partial charge in [0.25, 0.3) is 10.0 Å². The number of hydrogen-bond acceptors (Lipinski definition) is 4. The van der Waals surface area contributed by atoms with Gasteiger partial charge in [0.15, 0.2) is 0 Å². The van der Waals surface area contributed by atoms with Crippen LogP contribution in [-0.2, 0) is 27.4 Å². The van der Waals surface area contributed by atoms with Crippen LogP contribution in [0.2, 0.25) is 0 Å². The molecule has 0 amide bonds. The second-order valence-electron chi connectivity index (χ2n) is 6.45. The van der Waals surface area contributed by atoms with E-state index in [2.05, 4.69) is 0 Å². The standard InChI is InChI=1S/C20H18F3NO5S/c1-2-29-14-8-9-15-13(7-10-19(25)26)12-24(17(15)11-14)30(27,28)18-6-4-3-5-16(18)20(21,22)23/h3-6,8-9,11-12H,2,7,10H2,1H3,(H,25,26). The molecule has 3 rings (SSSR count). The lowest BCUT2D eigenvalue weighted by atomic mass is 10.1. The number of aromatic nitrogens is 1. The Bertz CT molecular complexity index is 1200. The average molecular weight is 441 g/mol. The first kappa shape index (κ1) is 21.7. The molecule has 1 heterocycles. The molecule has 6 nitrogen and oxygen atoms in total. The third kappa shape index (κ3) is 4.13. The van der Waals surface area contributed by atoms with Crippen molar-refractivity contribution >= 4 is 26.9 Å². The normalized spacial score (nSPS) is 12.3. The maximum Gasteiger partial charge on any atom is 0.417 e. The first-order chi connectivity index (χ1) is 14.1. The second-order valence-corrected chi connectivity index (χ2v) is 8.24. The van der Waals surface area contributed by atoms with E-state index in [-0.39, 0.29) is 18.4 Å². The summed E-state index contributed by atoms with van der Waals surface area (Å²) in [5, 5.41) is 9.39.